The standard InChI is InChI=1S/C30H34O16/c1-11-27(46-30-26(40)24(38)21(35)19(45-30)9-41-12(2)31)25(39)22(36)18(43-11)10-42-29-23(37)20-16(34)7-15(33)8-17(20)44-28(29)13-3-5-14(32)6-4-13/h3-8,11,18-19,21-22,24-27,30,32-36,38-40H,9-10H2,1-2H3. The predicted molar refractivity (Wildman–Crippen MR) is 153 cm³/mol. The molecular weight excluding hydrogens is 616 g/mol. The molecule has 0 aliphatic carbocycles. The lowest BCUT2D eigenvalue weighted by Crippen LogP contribution is -2.64. The fraction of sp³-hybridized carbons (Fsp3) is 0.467. The molecule has 3 heterocycles. The van der Waals surface area contributed by atoms with Gasteiger partial charge in [0, 0.05) is 24.6 Å². The number of aliphatic hydroxyl groups excluding tert-OH is 5. The molecule has 5 rings (SSSR count). The summed E-state index contributed by atoms with van der Waals surface area (Å²) in [6, 6.07) is 7.61. The molecule has 10 unspecified atom stereocenters. The second-order valence-corrected chi connectivity index (χ2v) is 11.1. The van der Waals surface area contributed by atoms with Crippen LogP contribution in [-0.2, 0) is 23.7 Å². The van der Waals surface area contributed by atoms with Gasteiger partial charge in [0.2, 0.25) is 11.2 Å². The Morgan fingerprint density at radius 2 is 1.48 bits per heavy atom. The van der Waals surface area contributed by atoms with Crippen molar-refractivity contribution in [3.8, 4) is 34.3 Å². The van der Waals surface area contributed by atoms with E-state index in [9.17, 15) is 50.4 Å². The highest BCUT2D eigenvalue weighted by Gasteiger charge is 2.50. The molecule has 2 aliphatic rings. The van der Waals surface area contributed by atoms with Gasteiger partial charge in [-0.25, -0.2) is 0 Å². The summed E-state index contributed by atoms with van der Waals surface area (Å²) < 4.78 is 33.5. The summed E-state index contributed by atoms with van der Waals surface area (Å²) in [6.45, 7) is 1.62. The Labute approximate surface area is 260 Å². The Balaban J connectivity index is 1.35. The average Bonchev–Trinajstić information content (AvgIpc) is 3.00. The van der Waals surface area contributed by atoms with Gasteiger partial charge in [-0.1, -0.05) is 0 Å². The quantitative estimate of drug-likeness (QED) is 0.139. The van der Waals surface area contributed by atoms with Crippen molar-refractivity contribution in [3.63, 3.8) is 0 Å². The SMILES string of the molecule is CC(=O)OCC1OC(OC2C(C)OC(COc3c(-c4ccc(O)cc4)oc4cc(O)cc(O)c4c3=O)C(O)C2O)C(O)C(O)C1O. The number of benzene rings is 2. The molecule has 16 heteroatoms. The van der Waals surface area contributed by atoms with Crippen LogP contribution in [-0.4, -0.2) is 121 Å². The predicted octanol–water partition coefficient (Wildman–Crippen LogP) is -0.779. The molecule has 16 nitrogen and oxygen atoms in total. The molecular formula is C30H34O16. The first-order chi connectivity index (χ1) is 21.8. The highest BCUT2D eigenvalue weighted by Crippen LogP contribution is 2.37. The molecule has 0 amide bonds. The third-order valence-corrected chi connectivity index (χ3v) is 7.77. The number of phenols is 3. The van der Waals surface area contributed by atoms with Crippen LogP contribution >= 0.6 is 0 Å². The maximum absolute atomic E-state index is 13.5. The summed E-state index contributed by atoms with van der Waals surface area (Å²) in [6.07, 6.45) is -15.1. The first-order valence-corrected chi connectivity index (χ1v) is 14.2. The van der Waals surface area contributed by atoms with Gasteiger partial charge in [-0.05, 0) is 31.2 Å². The van der Waals surface area contributed by atoms with Crippen LogP contribution in [0, 0.1) is 0 Å². The van der Waals surface area contributed by atoms with Crippen molar-refractivity contribution in [2.75, 3.05) is 13.2 Å². The van der Waals surface area contributed by atoms with Crippen molar-refractivity contribution in [3.05, 3.63) is 46.6 Å². The first kappa shape index (κ1) is 33.4. The van der Waals surface area contributed by atoms with E-state index in [1.807, 2.05) is 0 Å². The third-order valence-electron chi connectivity index (χ3n) is 7.77. The molecule has 10 atom stereocenters. The Kier molecular flexibility index (Phi) is 9.71. The molecule has 46 heavy (non-hydrogen) atoms. The minimum absolute atomic E-state index is 0.0696. The number of fused-ring (bicyclic) bond motifs is 1. The van der Waals surface area contributed by atoms with E-state index in [-0.39, 0.29) is 33.8 Å². The van der Waals surface area contributed by atoms with Crippen LogP contribution < -0.4 is 10.2 Å². The Morgan fingerprint density at radius 1 is 0.826 bits per heavy atom. The molecule has 0 saturated carbocycles. The summed E-state index contributed by atoms with van der Waals surface area (Å²) in [5.74, 6) is -2.23. The Bertz CT molecular complexity index is 1610. The molecule has 0 bridgehead atoms. The van der Waals surface area contributed by atoms with E-state index in [1.54, 1.807) is 0 Å². The van der Waals surface area contributed by atoms with Gasteiger partial charge in [0.1, 0.15) is 90.3 Å². The zero-order valence-corrected chi connectivity index (χ0v) is 24.5. The summed E-state index contributed by atoms with van der Waals surface area (Å²) >= 11 is 0. The lowest BCUT2D eigenvalue weighted by molar-refractivity contribution is -0.340. The van der Waals surface area contributed by atoms with Crippen LogP contribution in [0.2, 0.25) is 0 Å². The van der Waals surface area contributed by atoms with Crippen molar-refractivity contribution in [1.82, 2.24) is 0 Å². The zero-order valence-electron chi connectivity index (χ0n) is 24.5. The van der Waals surface area contributed by atoms with Gasteiger partial charge >= 0.3 is 5.97 Å². The summed E-state index contributed by atoms with van der Waals surface area (Å²) in [5, 5.41) is 82.6. The third kappa shape index (κ3) is 6.60. The highest BCUT2D eigenvalue weighted by molar-refractivity contribution is 5.88. The number of esters is 1. The number of carbonyl (C=O) groups is 1. The summed E-state index contributed by atoms with van der Waals surface area (Å²) in [4.78, 5) is 24.7. The lowest BCUT2D eigenvalue weighted by Gasteiger charge is -2.45. The highest BCUT2D eigenvalue weighted by atomic mass is 16.7. The molecule has 2 fully saturated rings. The monoisotopic (exact) mass is 650 g/mol. The lowest BCUT2D eigenvalue weighted by atomic mass is 9.95. The number of aromatic hydroxyl groups is 3. The van der Waals surface area contributed by atoms with E-state index in [0.717, 1.165) is 19.1 Å². The van der Waals surface area contributed by atoms with Crippen molar-refractivity contribution in [1.29, 1.82) is 0 Å². The van der Waals surface area contributed by atoms with Gasteiger partial charge in [0.05, 0.1) is 6.10 Å². The number of phenolic OH excluding ortho intramolecular Hbond substituents is 3. The number of rotatable bonds is 8. The number of hydrogen-bond acceptors (Lipinski definition) is 16. The second kappa shape index (κ2) is 13.4. The fourth-order valence-corrected chi connectivity index (χ4v) is 5.34. The number of ether oxygens (including phenoxy) is 5. The van der Waals surface area contributed by atoms with Gasteiger partial charge in [0.25, 0.3) is 0 Å². The van der Waals surface area contributed by atoms with E-state index < -0.39 is 97.3 Å². The summed E-state index contributed by atoms with van der Waals surface area (Å²) in [5.41, 5.74) is -0.697. The van der Waals surface area contributed by atoms with Gasteiger partial charge in [-0.15, -0.1) is 0 Å². The molecule has 2 saturated heterocycles. The number of carbonyl (C=O) groups excluding carboxylic acids is 1. The van der Waals surface area contributed by atoms with Gasteiger partial charge in [-0.3, -0.25) is 9.59 Å². The van der Waals surface area contributed by atoms with Crippen LogP contribution in [0.1, 0.15) is 13.8 Å². The van der Waals surface area contributed by atoms with Crippen LogP contribution in [0.4, 0.5) is 0 Å². The maximum atomic E-state index is 13.5. The molecule has 0 spiro atoms. The molecule has 0 radical (unpaired) electrons. The van der Waals surface area contributed by atoms with Gasteiger partial charge in [-0.2, -0.15) is 0 Å². The topological polar surface area (TPSA) is 255 Å². The van der Waals surface area contributed by atoms with Crippen LogP contribution in [0.25, 0.3) is 22.3 Å². The van der Waals surface area contributed by atoms with E-state index in [2.05, 4.69) is 0 Å². The first-order valence-electron chi connectivity index (χ1n) is 14.2. The molecule has 8 N–H and O–H groups in total. The molecule has 3 aromatic rings. The Hall–Kier alpha value is -4.00. The minimum Gasteiger partial charge on any atom is -0.508 e. The summed E-state index contributed by atoms with van der Waals surface area (Å²) in [7, 11) is 0. The van der Waals surface area contributed by atoms with Crippen molar-refractivity contribution < 1.29 is 73.7 Å². The minimum atomic E-state index is -1.79. The zero-order chi connectivity index (χ0) is 33.4. The van der Waals surface area contributed by atoms with Crippen molar-refractivity contribution >= 4 is 16.9 Å². The van der Waals surface area contributed by atoms with Crippen LogP contribution in [0.3, 0.4) is 0 Å². The molecule has 1 aromatic heterocycles. The van der Waals surface area contributed by atoms with E-state index in [0.29, 0.717) is 0 Å². The fourth-order valence-electron chi connectivity index (χ4n) is 5.34. The maximum Gasteiger partial charge on any atom is 0.302 e. The number of aliphatic hydroxyl groups is 5. The van der Waals surface area contributed by atoms with Gasteiger partial charge < -0.3 is 69.0 Å². The van der Waals surface area contributed by atoms with E-state index >= 15 is 0 Å². The smallest absolute Gasteiger partial charge is 0.302 e. The normalized spacial score (nSPS) is 31.5. The molecule has 250 valence electrons. The van der Waals surface area contributed by atoms with Crippen molar-refractivity contribution in [2.45, 2.75) is 75.1 Å². The second-order valence-electron chi connectivity index (χ2n) is 11.1. The average molecular weight is 651 g/mol. The van der Waals surface area contributed by atoms with E-state index in [4.69, 9.17) is 28.1 Å². The largest absolute Gasteiger partial charge is 0.508 e. The van der Waals surface area contributed by atoms with Crippen molar-refractivity contribution in [2.24, 2.45) is 0 Å². The molecule has 2 aromatic carbocycles. The van der Waals surface area contributed by atoms with Crippen LogP contribution in [0.15, 0.2) is 45.6 Å². The van der Waals surface area contributed by atoms with E-state index in [1.165, 1.54) is 31.2 Å². The molecule has 2 aliphatic heterocycles. The number of hydrogen-bond donors (Lipinski definition) is 8. The Morgan fingerprint density at radius 3 is 2.15 bits per heavy atom. The van der Waals surface area contributed by atoms with Gasteiger partial charge in [0.15, 0.2) is 12.1 Å². The van der Waals surface area contributed by atoms with Crippen LogP contribution in [0.5, 0.6) is 23.0 Å².